The third kappa shape index (κ3) is 3.30. The highest BCUT2D eigenvalue weighted by molar-refractivity contribution is 5.41. The van der Waals surface area contributed by atoms with Crippen molar-refractivity contribution in [3.05, 3.63) is 42.5 Å². The second-order valence-electron chi connectivity index (χ2n) is 4.13. The van der Waals surface area contributed by atoms with Crippen molar-refractivity contribution in [2.45, 2.75) is 19.5 Å². The predicted molar refractivity (Wildman–Crippen MR) is 70.4 cm³/mol. The lowest BCUT2D eigenvalue weighted by Crippen LogP contribution is -2.06. The van der Waals surface area contributed by atoms with E-state index < -0.39 is 0 Å². The van der Waals surface area contributed by atoms with Crippen LogP contribution >= 0.6 is 0 Å². The molecule has 0 aromatic carbocycles. The van der Waals surface area contributed by atoms with Crippen LogP contribution in [0.4, 0.5) is 5.69 Å². The Morgan fingerprint density at radius 3 is 2.89 bits per heavy atom. The Morgan fingerprint density at radius 2 is 2.17 bits per heavy atom. The summed E-state index contributed by atoms with van der Waals surface area (Å²) in [7, 11) is 1.69. The van der Waals surface area contributed by atoms with Gasteiger partial charge in [0.15, 0.2) is 0 Å². The summed E-state index contributed by atoms with van der Waals surface area (Å²) in [5.74, 6) is 0. The number of hydrogen-bond acceptors (Lipinski definition) is 4. The lowest BCUT2D eigenvalue weighted by molar-refractivity contribution is 0.183. The number of methoxy groups -OCH3 is 1. The van der Waals surface area contributed by atoms with Crippen LogP contribution in [0.5, 0.6) is 0 Å². The van der Waals surface area contributed by atoms with Crippen molar-refractivity contribution in [3.63, 3.8) is 0 Å². The minimum Gasteiger partial charge on any atom is -0.383 e. The second-order valence-corrected chi connectivity index (χ2v) is 4.13. The first kappa shape index (κ1) is 12.6. The summed E-state index contributed by atoms with van der Waals surface area (Å²) in [6.45, 7) is 3.55. The summed E-state index contributed by atoms with van der Waals surface area (Å²) in [4.78, 5) is 4.01. The average molecular weight is 246 g/mol. The highest BCUT2D eigenvalue weighted by Crippen LogP contribution is 2.17. The number of ether oxygens (including phenoxy) is 1. The normalized spacial score (nSPS) is 12.3. The van der Waals surface area contributed by atoms with Gasteiger partial charge in [-0.25, -0.2) is 0 Å². The minimum absolute atomic E-state index is 0.230. The molecule has 2 rings (SSSR count). The van der Waals surface area contributed by atoms with Crippen LogP contribution in [-0.2, 0) is 11.3 Å². The molecule has 0 fully saturated rings. The summed E-state index contributed by atoms with van der Waals surface area (Å²) in [6.07, 6.45) is 7.41. The SMILES string of the molecule is COCCn1cc(NC(C)c2ccncc2)cn1. The Kier molecular flexibility index (Phi) is 4.30. The van der Waals surface area contributed by atoms with Gasteiger partial charge in [0.25, 0.3) is 0 Å². The summed E-state index contributed by atoms with van der Waals surface area (Å²) in [6, 6.07) is 4.24. The van der Waals surface area contributed by atoms with E-state index in [0.29, 0.717) is 6.61 Å². The van der Waals surface area contributed by atoms with Gasteiger partial charge in [-0.05, 0) is 24.6 Å². The van der Waals surface area contributed by atoms with Gasteiger partial charge in [0.1, 0.15) is 0 Å². The van der Waals surface area contributed by atoms with Gasteiger partial charge in [-0.15, -0.1) is 0 Å². The van der Waals surface area contributed by atoms with Crippen molar-refractivity contribution >= 4 is 5.69 Å². The molecule has 1 atom stereocenters. The Bertz CT molecular complexity index is 469. The fourth-order valence-corrected chi connectivity index (χ4v) is 1.73. The van der Waals surface area contributed by atoms with E-state index in [1.54, 1.807) is 19.5 Å². The second kappa shape index (κ2) is 6.16. The molecule has 0 aliphatic carbocycles. The Hall–Kier alpha value is -1.88. The van der Waals surface area contributed by atoms with E-state index in [0.717, 1.165) is 12.2 Å². The summed E-state index contributed by atoms with van der Waals surface area (Å²) in [5, 5.41) is 7.67. The maximum atomic E-state index is 5.02. The molecule has 0 bridgehead atoms. The van der Waals surface area contributed by atoms with Gasteiger partial charge in [-0.3, -0.25) is 9.67 Å². The van der Waals surface area contributed by atoms with E-state index in [1.807, 2.05) is 29.2 Å². The quantitative estimate of drug-likeness (QED) is 0.848. The largest absolute Gasteiger partial charge is 0.383 e. The van der Waals surface area contributed by atoms with Crippen molar-refractivity contribution in [1.29, 1.82) is 0 Å². The van der Waals surface area contributed by atoms with Gasteiger partial charge in [0, 0.05) is 31.7 Å². The van der Waals surface area contributed by atoms with Gasteiger partial charge < -0.3 is 10.1 Å². The van der Waals surface area contributed by atoms with Crippen LogP contribution in [0.2, 0.25) is 0 Å². The molecule has 0 radical (unpaired) electrons. The van der Waals surface area contributed by atoms with Gasteiger partial charge >= 0.3 is 0 Å². The number of aromatic nitrogens is 3. The molecule has 0 aliphatic rings. The molecule has 0 amide bonds. The summed E-state index contributed by atoms with van der Waals surface area (Å²) >= 11 is 0. The molecule has 0 aliphatic heterocycles. The average Bonchev–Trinajstić information content (AvgIpc) is 2.85. The van der Waals surface area contributed by atoms with E-state index >= 15 is 0 Å². The first-order valence-corrected chi connectivity index (χ1v) is 5.97. The first-order chi connectivity index (χ1) is 8.79. The van der Waals surface area contributed by atoms with E-state index in [9.17, 15) is 0 Å². The van der Waals surface area contributed by atoms with Gasteiger partial charge in [-0.1, -0.05) is 0 Å². The Morgan fingerprint density at radius 1 is 1.39 bits per heavy atom. The molecule has 1 unspecified atom stereocenters. The zero-order valence-corrected chi connectivity index (χ0v) is 10.7. The topological polar surface area (TPSA) is 52.0 Å². The highest BCUT2D eigenvalue weighted by Gasteiger charge is 2.06. The van der Waals surface area contributed by atoms with E-state index in [4.69, 9.17) is 4.74 Å². The maximum Gasteiger partial charge on any atom is 0.0731 e. The lowest BCUT2D eigenvalue weighted by atomic mass is 10.1. The van der Waals surface area contributed by atoms with Gasteiger partial charge in [-0.2, -0.15) is 5.10 Å². The zero-order chi connectivity index (χ0) is 12.8. The van der Waals surface area contributed by atoms with Crippen LogP contribution in [0.3, 0.4) is 0 Å². The fraction of sp³-hybridized carbons (Fsp3) is 0.385. The molecule has 5 heteroatoms. The van der Waals surface area contributed by atoms with Crippen LogP contribution in [0.25, 0.3) is 0 Å². The first-order valence-electron chi connectivity index (χ1n) is 5.97. The molecule has 2 aromatic rings. The number of hydrogen-bond donors (Lipinski definition) is 1. The maximum absolute atomic E-state index is 5.02. The van der Waals surface area contributed by atoms with Gasteiger partial charge in [0.2, 0.25) is 0 Å². The molecule has 2 aromatic heterocycles. The summed E-state index contributed by atoms with van der Waals surface area (Å²) < 4.78 is 6.88. The van der Waals surface area contributed by atoms with Crippen molar-refractivity contribution < 1.29 is 4.74 Å². The van der Waals surface area contributed by atoms with Crippen LogP contribution in [-0.4, -0.2) is 28.5 Å². The Balaban J connectivity index is 1.95. The fourth-order valence-electron chi connectivity index (χ4n) is 1.73. The molecule has 18 heavy (non-hydrogen) atoms. The number of nitrogens with zero attached hydrogens (tertiary/aromatic N) is 3. The number of anilines is 1. The highest BCUT2D eigenvalue weighted by atomic mass is 16.5. The lowest BCUT2D eigenvalue weighted by Gasteiger charge is -2.13. The van der Waals surface area contributed by atoms with Crippen molar-refractivity contribution in [2.24, 2.45) is 0 Å². The van der Waals surface area contributed by atoms with Crippen molar-refractivity contribution in [2.75, 3.05) is 19.0 Å². The smallest absolute Gasteiger partial charge is 0.0731 e. The summed E-state index contributed by atoms with van der Waals surface area (Å²) in [5.41, 5.74) is 2.21. The molecular weight excluding hydrogens is 228 g/mol. The van der Waals surface area contributed by atoms with E-state index in [2.05, 4.69) is 22.3 Å². The van der Waals surface area contributed by atoms with Crippen LogP contribution in [0.15, 0.2) is 36.9 Å². The van der Waals surface area contributed by atoms with Crippen molar-refractivity contribution in [3.8, 4) is 0 Å². The van der Waals surface area contributed by atoms with Crippen molar-refractivity contribution in [1.82, 2.24) is 14.8 Å². The number of rotatable bonds is 6. The molecule has 0 saturated carbocycles. The molecule has 0 saturated heterocycles. The molecule has 1 N–H and O–H groups in total. The van der Waals surface area contributed by atoms with E-state index in [-0.39, 0.29) is 6.04 Å². The number of pyridine rings is 1. The predicted octanol–water partition coefficient (Wildman–Crippen LogP) is 2.10. The van der Waals surface area contributed by atoms with Gasteiger partial charge in [0.05, 0.1) is 25.0 Å². The Labute approximate surface area is 107 Å². The number of nitrogens with one attached hydrogen (secondary N) is 1. The van der Waals surface area contributed by atoms with Crippen LogP contribution in [0, 0.1) is 0 Å². The molecule has 2 heterocycles. The monoisotopic (exact) mass is 246 g/mol. The van der Waals surface area contributed by atoms with Crippen LogP contribution in [0.1, 0.15) is 18.5 Å². The van der Waals surface area contributed by atoms with Crippen LogP contribution < -0.4 is 5.32 Å². The zero-order valence-electron chi connectivity index (χ0n) is 10.7. The third-order valence-corrected chi connectivity index (χ3v) is 2.75. The molecular formula is C13H18N4O. The third-order valence-electron chi connectivity index (χ3n) is 2.75. The molecule has 0 spiro atoms. The minimum atomic E-state index is 0.230. The molecule has 5 nitrogen and oxygen atoms in total. The van der Waals surface area contributed by atoms with E-state index in [1.165, 1.54) is 5.56 Å². The molecule has 96 valence electrons. The standard InChI is InChI=1S/C13H18N4O/c1-11(12-3-5-14-6-4-12)16-13-9-15-17(10-13)7-8-18-2/h3-6,9-11,16H,7-8H2,1-2H3.